The molecule has 4 bridgehead atoms. The van der Waals surface area contributed by atoms with Crippen LogP contribution in [0.15, 0.2) is 11.6 Å². The Morgan fingerprint density at radius 3 is 2.58 bits per heavy atom. The number of hydrogen-bond acceptors (Lipinski definition) is 7. The minimum atomic E-state index is -1.22. The van der Waals surface area contributed by atoms with Gasteiger partial charge in [0.15, 0.2) is 6.10 Å². The number of esters is 1. The van der Waals surface area contributed by atoms with Crippen LogP contribution in [0.5, 0.6) is 0 Å². The molecule has 0 radical (unpaired) electrons. The number of carbonyl (C=O) groups is 2. The topological polar surface area (TPSA) is 113 Å². The van der Waals surface area contributed by atoms with Gasteiger partial charge >= 0.3 is 5.97 Å². The number of aliphatic hydroxyl groups excluding tert-OH is 3. The molecule has 2 saturated carbocycles. The third-order valence-corrected chi connectivity index (χ3v) is 8.23. The number of rotatable bonds is 0. The largest absolute Gasteiger partial charge is 0.456 e. The van der Waals surface area contributed by atoms with Gasteiger partial charge in [-0.15, -0.1) is 0 Å². The van der Waals surface area contributed by atoms with Crippen molar-refractivity contribution in [2.45, 2.75) is 57.2 Å². The average molecular weight is 364 g/mol. The molecule has 2 saturated heterocycles. The first-order chi connectivity index (χ1) is 12.1. The van der Waals surface area contributed by atoms with Crippen LogP contribution in [-0.2, 0) is 19.1 Å². The molecule has 3 aliphatic carbocycles. The molecule has 0 aromatic carbocycles. The molecule has 26 heavy (non-hydrogen) atoms. The van der Waals surface area contributed by atoms with Crippen molar-refractivity contribution in [2.75, 3.05) is 6.61 Å². The van der Waals surface area contributed by atoms with Crippen molar-refractivity contribution in [2.24, 2.45) is 28.6 Å². The Labute approximate surface area is 151 Å². The van der Waals surface area contributed by atoms with Gasteiger partial charge in [-0.25, -0.2) is 0 Å². The quantitative estimate of drug-likeness (QED) is 0.395. The predicted octanol–water partition coefficient (Wildman–Crippen LogP) is -0.429. The van der Waals surface area contributed by atoms with Crippen LogP contribution >= 0.6 is 0 Å². The molecule has 1 spiro atoms. The summed E-state index contributed by atoms with van der Waals surface area (Å²) in [5.74, 6) is -2.45. The van der Waals surface area contributed by atoms with Crippen molar-refractivity contribution in [1.82, 2.24) is 0 Å². The lowest BCUT2D eigenvalue weighted by atomic mass is 9.40. The van der Waals surface area contributed by atoms with Crippen LogP contribution in [0.4, 0.5) is 0 Å². The maximum absolute atomic E-state index is 13.4. The molecule has 2 heterocycles. The van der Waals surface area contributed by atoms with Gasteiger partial charge in [0, 0.05) is 17.8 Å². The minimum absolute atomic E-state index is 0.0359. The molecule has 0 unspecified atom stereocenters. The zero-order valence-corrected chi connectivity index (χ0v) is 15.0. The van der Waals surface area contributed by atoms with Crippen molar-refractivity contribution < 1.29 is 34.4 Å². The van der Waals surface area contributed by atoms with Gasteiger partial charge in [0.25, 0.3) is 0 Å². The lowest BCUT2D eigenvalue weighted by Crippen LogP contribution is -2.72. The van der Waals surface area contributed by atoms with Gasteiger partial charge in [-0.2, -0.15) is 0 Å². The molecule has 7 heteroatoms. The molecule has 7 nitrogen and oxygen atoms in total. The van der Waals surface area contributed by atoms with E-state index in [0.717, 1.165) is 5.57 Å². The first kappa shape index (κ1) is 16.9. The number of aliphatic hydroxyl groups is 3. The maximum Gasteiger partial charge on any atom is 0.313 e. The van der Waals surface area contributed by atoms with Crippen molar-refractivity contribution in [3.05, 3.63) is 11.6 Å². The molecule has 10 atom stereocenters. The maximum atomic E-state index is 13.4. The van der Waals surface area contributed by atoms with E-state index in [9.17, 15) is 24.9 Å². The van der Waals surface area contributed by atoms with Crippen LogP contribution in [0, 0.1) is 28.6 Å². The van der Waals surface area contributed by atoms with Gasteiger partial charge in [-0.3, -0.25) is 9.59 Å². The van der Waals surface area contributed by atoms with Gasteiger partial charge in [-0.05, 0) is 19.8 Å². The molecule has 0 aromatic heterocycles. The van der Waals surface area contributed by atoms with Gasteiger partial charge < -0.3 is 24.8 Å². The van der Waals surface area contributed by atoms with Crippen molar-refractivity contribution in [3.8, 4) is 0 Å². The summed E-state index contributed by atoms with van der Waals surface area (Å²) in [5.41, 5.74) is -2.39. The first-order valence-electron chi connectivity index (χ1n) is 9.20. The highest BCUT2D eigenvalue weighted by Crippen LogP contribution is 2.71. The van der Waals surface area contributed by atoms with E-state index < -0.39 is 58.7 Å². The van der Waals surface area contributed by atoms with E-state index in [0.29, 0.717) is 0 Å². The lowest BCUT2D eigenvalue weighted by Gasteiger charge is -2.62. The molecular formula is C19H24O7. The highest BCUT2D eigenvalue weighted by atomic mass is 16.6. The standard InChI is InChI=1S/C19H24O7/c1-7-4-9(20)14(23)17(2)8(7)5-10(21)19-6-25-18(3)13(19)16(24)26-15(18)11(22)12(17)19/h4,8-9,11-15,20,22-23H,5-6H2,1-3H3/t8-,9+,11+,12+,13-,14+,15-,17-,18-,19+/m0/s1. The van der Waals surface area contributed by atoms with Crippen LogP contribution in [0.2, 0.25) is 0 Å². The van der Waals surface area contributed by atoms with Crippen LogP contribution in [0.1, 0.15) is 27.2 Å². The molecule has 4 fully saturated rings. The van der Waals surface area contributed by atoms with Gasteiger partial charge in [-0.1, -0.05) is 18.6 Å². The van der Waals surface area contributed by atoms with E-state index in [1.165, 1.54) is 0 Å². The summed E-state index contributed by atoms with van der Waals surface area (Å²) >= 11 is 0. The molecule has 142 valence electrons. The number of ketones is 1. The third kappa shape index (κ3) is 1.46. The number of carbonyl (C=O) groups excluding carboxylic acids is 2. The Morgan fingerprint density at radius 2 is 1.88 bits per heavy atom. The van der Waals surface area contributed by atoms with Crippen LogP contribution in [0.3, 0.4) is 0 Å². The molecule has 3 N–H and O–H groups in total. The Hall–Kier alpha value is -1.28. The Kier molecular flexibility index (Phi) is 2.97. The monoisotopic (exact) mass is 364 g/mol. The molecular weight excluding hydrogens is 340 g/mol. The highest BCUT2D eigenvalue weighted by Gasteiger charge is 2.83. The molecule has 5 aliphatic rings. The number of allylic oxidation sites excluding steroid dienone is 1. The summed E-state index contributed by atoms with van der Waals surface area (Å²) in [5, 5.41) is 32.6. The number of fused-ring (bicyclic) bond motifs is 2. The fourth-order valence-corrected chi connectivity index (χ4v) is 7.15. The van der Waals surface area contributed by atoms with Crippen molar-refractivity contribution in [3.63, 3.8) is 0 Å². The SMILES string of the molecule is CC1=C[C@@H](O)[C@@H](O)[C@@]2(C)[C@H]1CC(=O)[C@@]13CO[C@]4(C)[C@@H](OC(=O)[C@@H]41)[C@H](O)[C@@H]32. The summed E-state index contributed by atoms with van der Waals surface area (Å²) in [6.45, 7) is 5.41. The second-order valence-electron chi connectivity index (χ2n) is 9.16. The van der Waals surface area contributed by atoms with E-state index in [2.05, 4.69) is 0 Å². The van der Waals surface area contributed by atoms with Crippen molar-refractivity contribution in [1.29, 1.82) is 0 Å². The summed E-state index contributed by atoms with van der Waals surface area (Å²) in [4.78, 5) is 26.0. The Balaban J connectivity index is 1.77. The summed E-state index contributed by atoms with van der Waals surface area (Å²) < 4.78 is 11.4. The van der Waals surface area contributed by atoms with Gasteiger partial charge in [0.2, 0.25) is 0 Å². The predicted molar refractivity (Wildman–Crippen MR) is 86.6 cm³/mol. The average Bonchev–Trinajstić information content (AvgIpc) is 2.94. The fourth-order valence-electron chi connectivity index (χ4n) is 7.15. The van der Waals surface area contributed by atoms with Crippen LogP contribution in [-0.4, -0.2) is 63.7 Å². The van der Waals surface area contributed by atoms with E-state index >= 15 is 0 Å². The number of hydrogen-bond donors (Lipinski definition) is 3. The summed E-state index contributed by atoms with van der Waals surface area (Å²) in [6, 6.07) is 0. The van der Waals surface area contributed by atoms with E-state index in [1.54, 1.807) is 13.0 Å². The molecule has 5 rings (SSSR count). The third-order valence-electron chi connectivity index (χ3n) is 8.23. The van der Waals surface area contributed by atoms with E-state index in [-0.39, 0.29) is 24.7 Å². The highest BCUT2D eigenvalue weighted by molar-refractivity contribution is 5.95. The zero-order valence-electron chi connectivity index (χ0n) is 15.0. The molecule has 0 aromatic rings. The molecule has 2 aliphatic heterocycles. The Morgan fingerprint density at radius 1 is 1.19 bits per heavy atom. The van der Waals surface area contributed by atoms with Gasteiger partial charge in [0.05, 0.1) is 30.3 Å². The summed E-state index contributed by atoms with van der Waals surface area (Å²) in [6.07, 6.45) is -2.52. The van der Waals surface area contributed by atoms with E-state index in [4.69, 9.17) is 9.47 Å². The van der Waals surface area contributed by atoms with Gasteiger partial charge in [0.1, 0.15) is 17.3 Å². The second-order valence-corrected chi connectivity index (χ2v) is 9.16. The van der Waals surface area contributed by atoms with Crippen LogP contribution in [0.25, 0.3) is 0 Å². The Bertz CT molecular complexity index is 761. The second kappa shape index (κ2) is 4.58. The van der Waals surface area contributed by atoms with E-state index in [1.807, 2.05) is 13.8 Å². The first-order valence-corrected chi connectivity index (χ1v) is 9.20. The fraction of sp³-hybridized carbons (Fsp3) is 0.789. The number of Topliss-reactive ketones (excluding diaryl/α,β-unsaturated/α-hetero) is 1. The zero-order chi connectivity index (χ0) is 18.8. The van der Waals surface area contributed by atoms with Crippen molar-refractivity contribution >= 4 is 11.8 Å². The summed E-state index contributed by atoms with van der Waals surface area (Å²) in [7, 11) is 0. The number of ether oxygens (including phenoxy) is 2. The van der Waals surface area contributed by atoms with Crippen LogP contribution < -0.4 is 0 Å². The normalized spacial score (nSPS) is 60.2. The smallest absolute Gasteiger partial charge is 0.313 e. The lowest BCUT2D eigenvalue weighted by molar-refractivity contribution is -0.214. The minimum Gasteiger partial charge on any atom is -0.456 e. The molecule has 0 amide bonds.